The molecule has 0 bridgehead atoms. The fourth-order valence-electron chi connectivity index (χ4n) is 2.71. The van der Waals surface area contributed by atoms with Crippen molar-refractivity contribution in [2.45, 2.75) is 75.5 Å². The van der Waals surface area contributed by atoms with Gasteiger partial charge >= 0.3 is 0 Å². The van der Waals surface area contributed by atoms with Crippen molar-refractivity contribution in [2.75, 3.05) is 0 Å². The van der Waals surface area contributed by atoms with E-state index in [0.29, 0.717) is 0 Å². The second-order valence-electron chi connectivity index (χ2n) is 5.45. The van der Waals surface area contributed by atoms with Crippen LogP contribution in [0.3, 0.4) is 0 Å². The Hall–Kier alpha value is 0.434. The molecule has 0 N–H and O–H groups in total. The second kappa shape index (κ2) is 9.46. The molecule has 0 aromatic rings. The molecule has 0 spiro atoms. The van der Waals surface area contributed by atoms with E-state index >= 15 is 0 Å². The van der Waals surface area contributed by atoms with Crippen molar-refractivity contribution >= 4 is 19.0 Å². The topological polar surface area (TPSA) is 0 Å². The van der Waals surface area contributed by atoms with Gasteiger partial charge in [0, 0.05) is 19.0 Å². The molecule has 1 saturated carbocycles. The van der Waals surface area contributed by atoms with Crippen LogP contribution in [0.4, 0.5) is 0 Å². The van der Waals surface area contributed by atoms with Crippen molar-refractivity contribution in [3.05, 3.63) is 12.8 Å². The van der Waals surface area contributed by atoms with Gasteiger partial charge in [0.1, 0.15) is 0 Å². The number of hydrogen-bond acceptors (Lipinski definition) is 0. The van der Waals surface area contributed by atoms with Crippen LogP contribution in [0.15, 0.2) is 0 Å². The van der Waals surface area contributed by atoms with Crippen LogP contribution in [0.25, 0.3) is 0 Å². The molecular weight excluding hydrogens is 224 g/mol. The molecule has 94 valence electrons. The molecule has 0 aromatic carbocycles. The van der Waals surface area contributed by atoms with Crippen molar-refractivity contribution < 1.29 is 0 Å². The number of rotatable bonds is 8. The van der Waals surface area contributed by atoms with Gasteiger partial charge in [0.05, 0.1) is 0 Å². The molecule has 0 aliphatic heterocycles. The van der Waals surface area contributed by atoms with Crippen LogP contribution >= 0.6 is 0 Å². The molecule has 2 atom stereocenters. The first-order valence-corrected chi connectivity index (χ1v) is 11.2. The lowest BCUT2D eigenvalue weighted by molar-refractivity contribution is 0.693. The van der Waals surface area contributed by atoms with E-state index in [9.17, 15) is 0 Å². The molecule has 0 heterocycles. The van der Waals surface area contributed by atoms with E-state index in [1.807, 2.05) is 0 Å². The highest BCUT2D eigenvalue weighted by Gasteiger charge is 2.21. The monoisotopic (exact) mass is 254 g/mol. The highest BCUT2D eigenvalue weighted by molar-refractivity contribution is 6.40. The summed E-state index contributed by atoms with van der Waals surface area (Å²) in [4.78, 5) is 0. The normalized spacial score (nSPS) is 27.4. The standard InChI is InChI=1S/C14H30Si2/c1-3-5-11-15-13-7-9-14(10-8-13)16-12-6-4-2/h7,10,13-14H,3-6,8-9,11-12,15-16H2,1-2H3. The first kappa shape index (κ1) is 14.5. The van der Waals surface area contributed by atoms with Crippen LogP contribution in [-0.2, 0) is 0 Å². The highest BCUT2D eigenvalue weighted by atomic mass is 28.2. The molecule has 0 nitrogen and oxygen atoms in total. The van der Waals surface area contributed by atoms with E-state index in [1.165, 1.54) is 38.5 Å². The van der Waals surface area contributed by atoms with Gasteiger partial charge in [-0.3, -0.25) is 0 Å². The summed E-state index contributed by atoms with van der Waals surface area (Å²) in [5.41, 5.74) is 2.14. The Kier molecular flexibility index (Phi) is 8.57. The van der Waals surface area contributed by atoms with E-state index in [2.05, 4.69) is 26.7 Å². The molecule has 1 aliphatic rings. The fraction of sp³-hybridized carbons (Fsp3) is 0.857. The molecule has 0 aromatic heterocycles. The summed E-state index contributed by atoms with van der Waals surface area (Å²) in [5.74, 6) is 0. The second-order valence-corrected chi connectivity index (χ2v) is 10.1. The third-order valence-electron chi connectivity index (χ3n) is 3.90. The fourth-order valence-corrected chi connectivity index (χ4v) is 7.05. The van der Waals surface area contributed by atoms with Gasteiger partial charge in [-0.2, -0.15) is 0 Å². The van der Waals surface area contributed by atoms with Gasteiger partial charge in [-0.15, -0.1) is 0 Å². The maximum Gasteiger partial charge on any atom is 0.0235 e. The first-order valence-electron chi connectivity index (χ1n) is 7.53. The van der Waals surface area contributed by atoms with E-state index in [4.69, 9.17) is 0 Å². The minimum atomic E-state index is 0.237. The van der Waals surface area contributed by atoms with Crippen molar-refractivity contribution in [1.82, 2.24) is 0 Å². The van der Waals surface area contributed by atoms with Crippen LogP contribution in [0, 0.1) is 12.8 Å². The molecule has 2 heteroatoms. The Bertz CT molecular complexity index is 133. The van der Waals surface area contributed by atoms with Crippen LogP contribution in [-0.4, -0.2) is 19.0 Å². The summed E-state index contributed by atoms with van der Waals surface area (Å²) in [5, 5.41) is 0. The summed E-state index contributed by atoms with van der Waals surface area (Å²) >= 11 is 0. The molecule has 1 aliphatic carbocycles. The lowest BCUT2D eigenvalue weighted by atomic mass is 9.99. The number of hydrogen-bond donors (Lipinski definition) is 0. The maximum absolute atomic E-state index is 2.71. The molecule has 2 unspecified atom stereocenters. The van der Waals surface area contributed by atoms with E-state index < -0.39 is 0 Å². The maximum atomic E-state index is 2.71. The van der Waals surface area contributed by atoms with E-state index in [1.54, 1.807) is 12.1 Å². The van der Waals surface area contributed by atoms with Crippen molar-refractivity contribution in [3.63, 3.8) is 0 Å². The Morgan fingerprint density at radius 3 is 1.62 bits per heavy atom. The lowest BCUT2D eigenvalue weighted by Crippen LogP contribution is -2.16. The van der Waals surface area contributed by atoms with Crippen molar-refractivity contribution in [1.29, 1.82) is 0 Å². The highest BCUT2D eigenvalue weighted by Crippen LogP contribution is 2.34. The largest absolute Gasteiger partial charge is 0.0654 e. The SMILES string of the molecule is CCCC[SiH2]C1[CH]CC([SiH2]CCCC)[CH]C1. The average Bonchev–Trinajstić information content (AvgIpc) is 2.32. The van der Waals surface area contributed by atoms with Gasteiger partial charge in [-0.25, -0.2) is 0 Å². The Morgan fingerprint density at radius 1 is 0.875 bits per heavy atom. The molecular formula is C14H30Si2. The predicted molar refractivity (Wildman–Crippen MR) is 81.9 cm³/mol. The first-order chi connectivity index (χ1) is 7.86. The summed E-state index contributed by atoms with van der Waals surface area (Å²) in [7, 11) is 0.474. The third kappa shape index (κ3) is 6.24. The Morgan fingerprint density at radius 2 is 1.31 bits per heavy atom. The predicted octanol–water partition coefficient (Wildman–Crippen LogP) is 3.54. The molecule has 2 radical (unpaired) electrons. The van der Waals surface area contributed by atoms with E-state index in [-0.39, 0.29) is 19.0 Å². The zero-order valence-electron chi connectivity index (χ0n) is 11.4. The van der Waals surface area contributed by atoms with Crippen LogP contribution in [0.2, 0.25) is 23.2 Å². The zero-order chi connectivity index (χ0) is 11.6. The molecule has 0 amide bonds. The van der Waals surface area contributed by atoms with Gasteiger partial charge < -0.3 is 0 Å². The van der Waals surface area contributed by atoms with Gasteiger partial charge in [0.15, 0.2) is 0 Å². The molecule has 0 saturated heterocycles. The summed E-state index contributed by atoms with van der Waals surface area (Å²) < 4.78 is 0. The minimum Gasteiger partial charge on any atom is -0.0654 e. The lowest BCUT2D eigenvalue weighted by Gasteiger charge is -2.27. The molecule has 1 rings (SSSR count). The quantitative estimate of drug-likeness (QED) is 0.459. The van der Waals surface area contributed by atoms with Crippen LogP contribution in [0.1, 0.15) is 52.4 Å². The number of unbranched alkanes of at least 4 members (excludes halogenated alkanes) is 2. The van der Waals surface area contributed by atoms with E-state index in [0.717, 1.165) is 11.1 Å². The van der Waals surface area contributed by atoms with Crippen molar-refractivity contribution in [3.8, 4) is 0 Å². The van der Waals surface area contributed by atoms with Gasteiger partial charge in [-0.05, 0) is 36.8 Å². The van der Waals surface area contributed by atoms with Crippen molar-refractivity contribution in [2.24, 2.45) is 0 Å². The third-order valence-corrected chi connectivity index (χ3v) is 8.53. The minimum absolute atomic E-state index is 0.237. The summed E-state index contributed by atoms with van der Waals surface area (Å²) in [6.45, 7) is 4.64. The van der Waals surface area contributed by atoms with Gasteiger partial charge in [0.25, 0.3) is 0 Å². The summed E-state index contributed by atoms with van der Waals surface area (Å²) in [6.07, 6.45) is 14.1. The molecule has 1 fully saturated rings. The van der Waals surface area contributed by atoms with Gasteiger partial charge in [0.2, 0.25) is 0 Å². The van der Waals surface area contributed by atoms with Crippen LogP contribution in [0.5, 0.6) is 0 Å². The van der Waals surface area contributed by atoms with Crippen LogP contribution < -0.4 is 0 Å². The zero-order valence-corrected chi connectivity index (χ0v) is 14.2. The average molecular weight is 255 g/mol. The summed E-state index contributed by atoms with van der Waals surface area (Å²) in [6, 6.07) is 3.17. The smallest absolute Gasteiger partial charge is 0.0235 e. The Balaban J connectivity index is 2.00. The Labute approximate surface area is 108 Å². The molecule has 16 heavy (non-hydrogen) atoms. The van der Waals surface area contributed by atoms with Gasteiger partial charge in [-0.1, -0.05) is 51.6 Å².